The minimum absolute atomic E-state index is 0.0150. The summed E-state index contributed by atoms with van der Waals surface area (Å²) < 4.78 is 26.7. The lowest BCUT2D eigenvalue weighted by Gasteiger charge is -2.30. The van der Waals surface area contributed by atoms with Crippen LogP contribution in [0.4, 0.5) is 8.78 Å². The third-order valence-corrected chi connectivity index (χ3v) is 4.72. The van der Waals surface area contributed by atoms with Crippen molar-refractivity contribution in [2.75, 3.05) is 0 Å². The standard InChI is InChI=1S/C15H17F2NO2/c1-8(9-4-10(16)6-11(17)5-9)18-12-2-3-14(18)13(7-12)15(19)20/h4-6,8,12-14H,2-3,7H2,1H3,(H,19,20). The molecule has 5 heteroatoms. The van der Waals surface area contributed by atoms with Crippen LogP contribution in [0.15, 0.2) is 18.2 Å². The molecule has 0 saturated carbocycles. The van der Waals surface area contributed by atoms with Crippen LogP contribution in [0.25, 0.3) is 0 Å². The van der Waals surface area contributed by atoms with Gasteiger partial charge in [-0.05, 0) is 43.9 Å². The molecule has 2 saturated heterocycles. The number of aliphatic carboxylic acids is 1. The Morgan fingerprint density at radius 2 is 1.95 bits per heavy atom. The number of benzene rings is 1. The Kier molecular flexibility index (Phi) is 3.24. The van der Waals surface area contributed by atoms with E-state index < -0.39 is 17.6 Å². The number of fused-ring (bicyclic) bond motifs is 2. The SMILES string of the molecule is CC(c1cc(F)cc(F)c1)N1C2CCC1C(C(=O)O)C2. The summed E-state index contributed by atoms with van der Waals surface area (Å²) >= 11 is 0. The van der Waals surface area contributed by atoms with Gasteiger partial charge in [0.25, 0.3) is 0 Å². The van der Waals surface area contributed by atoms with Gasteiger partial charge in [-0.3, -0.25) is 9.69 Å². The average molecular weight is 281 g/mol. The molecule has 1 aromatic carbocycles. The van der Waals surface area contributed by atoms with E-state index in [9.17, 15) is 18.7 Å². The van der Waals surface area contributed by atoms with Gasteiger partial charge in [0, 0.05) is 24.2 Å². The molecule has 4 unspecified atom stereocenters. The fraction of sp³-hybridized carbons (Fsp3) is 0.533. The minimum atomic E-state index is -0.764. The number of carboxylic acids is 1. The van der Waals surface area contributed by atoms with Gasteiger partial charge in [-0.1, -0.05) is 0 Å². The molecule has 0 spiro atoms. The van der Waals surface area contributed by atoms with Crippen molar-refractivity contribution in [3.8, 4) is 0 Å². The number of carboxylic acid groups (broad SMARTS) is 1. The van der Waals surface area contributed by atoms with E-state index in [0.717, 1.165) is 18.9 Å². The maximum absolute atomic E-state index is 13.3. The summed E-state index contributed by atoms with van der Waals surface area (Å²) in [6.07, 6.45) is 2.46. The lowest BCUT2D eigenvalue weighted by Crippen LogP contribution is -2.35. The van der Waals surface area contributed by atoms with Gasteiger partial charge in [-0.15, -0.1) is 0 Å². The van der Waals surface area contributed by atoms with Crippen LogP contribution >= 0.6 is 0 Å². The van der Waals surface area contributed by atoms with Crippen LogP contribution in [-0.2, 0) is 4.79 Å². The van der Waals surface area contributed by atoms with Gasteiger partial charge in [-0.2, -0.15) is 0 Å². The Morgan fingerprint density at radius 3 is 2.50 bits per heavy atom. The van der Waals surface area contributed by atoms with Gasteiger partial charge in [0.15, 0.2) is 0 Å². The summed E-state index contributed by atoms with van der Waals surface area (Å²) in [5.74, 6) is -2.30. The first-order valence-electron chi connectivity index (χ1n) is 6.93. The molecule has 1 aromatic rings. The largest absolute Gasteiger partial charge is 0.481 e. The molecule has 2 aliphatic heterocycles. The van der Waals surface area contributed by atoms with E-state index in [4.69, 9.17) is 0 Å². The fourth-order valence-corrected chi connectivity index (χ4v) is 3.89. The number of halogens is 2. The molecule has 4 atom stereocenters. The topological polar surface area (TPSA) is 40.5 Å². The maximum atomic E-state index is 13.3. The molecule has 108 valence electrons. The van der Waals surface area contributed by atoms with Gasteiger partial charge in [-0.25, -0.2) is 8.78 Å². The average Bonchev–Trinajstić information content (AvgIpc) is 2.94. The third-order valence-electron chi connectivity index (χ3n) is 4.72. The van der Waals surface area contributed by atoms with E-state index in [2.05, 4.69) is 4.90 Å². The Hall–Kier alpha value is -1.49. The van der Waals surface area contributed by atoms with Crippen molar-refractivity contribution in [3.63, 3.8) is 0 Å². The molecule has 2 bridgehead atoms. The quantitative estimate of drug-likeness (QED) is 0.926. The van der Waals surface area contributed by atoms with Gasteiger partial charge in [0.05, 0.1) is 5.92 Å². The number of rotatable bonds is 3. The normalized spacial score (nSPS) is 30.6. The second-order valence-corrected chi connectivity index (χ2v) is 5.80. The van der Waals surface area contributed by atoms with Crippen molar-refractivity contribution in [2.24, 2.45) is 5.92 Å². The summed E-state index contributed by atoms with van der Waals surface area (Å²) in [5, 5.41) is 9.25. The van der Waals surface area contributed by atoms with Gasteiger partial charge in [0.2, 0.25) is 0 Å². The maximum Gasteiger partial charge on any atom is 0.308 e. The van der Waals surface area contributed by atoms with Crippen molar-refractivity contribution in [3.05, 3.63) is 35.4 Å². The van der Waals surface area contributed by atoms with Crippen LogP contribution in [0.5, 0.6) is 0 Å². The van der Waals surface area contributed by atoms with E-state index in [1.807, 2.05) is 6.92 Å². The molecule has 20 heavy (non-hydrogen) atoms. The molecule has 3 rings (SSSR count). The molecule has 1 N–H and O–H groups in total. The molecule has 2 fully saturated rings. The van der Waals surface area contributed by atoms with Crippen molar-refractivity contribution in [1.29, 1.82) is 0 Å². The predicted molar refractivity (Wildman–Crippen MR) is 69.2 cm³/mol. The Bertz CT molecular complexity index is 528. The minimum Gasteiger partial charge on any atom is -0.481 e. The third kappa shape index (κ3) is 2.10. The van der Waals surface area contributed by atoms with Crippen LogP contribution in [0.3, 0.4) is 0 Å². The summed E-state index contributed by atoms with van der Waals surface area (Å²) in [6, 6.07) is 3.56. The molecule has 2 heterocycles. The smallest absolute Gasteiger partial charge is 0.308 e. The molecular formula is C15H17F2NO2. The fourth-order valence-electron chi connectivity index (χ4n) is 3.89. The van der Waals surface area contributed by atoms with Crippen molar-refractivity contribution >= 4 is 5.97 Å². The number of carbonyl (C=O) groups is 1. The van der Waals surface area contributed by atoms with E-state index in [-0.39, 0.29) is 24.0 Å². The zero-order valence-electron chi connectivity index (χ0n) is 11.2. The second kappa shape index (κ2) is 4.81. The molecule has 0 aliphatic carbocycles. The first-order valence-corrected chi connectivity index (χ1v) is 6.93. The van der Waals surface area contributed by atoms with Crippen molar-refractivity contribution in [1.82, 2.24) is 4.90 Å². The number of hydrogen-bond donors (Lipinski definition) is 1. The Balaban J connectivity index is 1.88. The van der Waals surface area contributed by atoms with E-state index in [0.29, 0.717) is 12.0 Å². The highest BCUT2D eigenvalue weighted by Gasteiger charge is 2.50. The molecule has 0 aromatic heterocycles. The van der Waals surface area contributed by atoms with Crippen LogP contribution in [0.2, 0.25) is 0 Å². The number of hydrogen-bond acceptors (Lipinski definition) is 2. The highest BCUT2D eigenvalue weighted by Crippen LogP contribution is 2.46. The zero-order valence-corrected chi connectivity index (χ0v) is 11.2. The highest BCUT2D eigenvalue weighted by molar-refractivity contribution is 5.71. The van der Waals surface area contributed by atoms with Gasteiger partial charge >= 0.3 is 5.97 Å². The first-order chi connectivity index (χ1) is 9.47. The second-order valence-electron chi connectivity index (χ2n) is 5.80. The van der Waals surface area contributed by atoms with Gasteiger partial charge < -0.3 is 5.11 Å². The molecule has 0 radical (unpaired) electrons. The predicted octanol–water partition coefficient (Wildman–Crippen LogP) is 2.96. The van der Waals surface area contributed by atoms with Crippen LogP contribution in [-0.4, -0.2) is 28.1 Å². The van der Waals surface area contributed by atoms with Crippen LogP contribution in [0, 0.1) is 17.6 Å². The van der Waals surface area contributed by atoms with E-state index in [1.165, 1.54) is 12.1 Å². The molecule has 2 aliphatic rings. The van der Waals surface area contributed by atoms with E-state index in [1.54, 1.807) is 0 Å². The lowest BCUT2D eigenvalue weighted by atomic mass is 9.89. The van der Waals surface area contributed by atoms with Crippen LogP contribution in [0.1, 0.15) is 37.8 Å². The lowest BCUT2D eigenvalue weighted by molar-refractivity contribution is -0.142. The summed E-state index contributed by atoms with van der Waals surface area (Å²) in [6.45, 7) is 1.89. The zero-order chi connectivity index (χ0) is 14.4. The Labute approximate surface area is 116 Å². The molecule has 0 amide bonds. The van der Waals surface area contributed by atoms with Crippen LogP contribution < -0.4 is 0 Å². The molecular weight excluding hydrogens is 264 g/mol. The first kappa shape index (κ1) is 13.5. The van der Waals surface area contributed by atoms with Crippen molar-refractivity contribution in [2.45, 2.75) is 44.3 Å². The summed E-state index contributed by atoms with van der Waals surface area (Å²) in [7, 11) is 0. The summed E-state index contributed by atoms with van der Waals surface area (Å²) in [5.41, 5.74) is 0.574. The Morgan fingerprint density at radius 1 is 1.30 bits per heavy atom. The van der Waals surface area contributed by atoms with Crippen molar-refractivity contribution < 1.29 is 18.7 Å². The number of nitrogens with zero attached hydrogens (tertiary/aromatic N) is 1. The molecule has 3 nitrogen and oxygen atoms in total. The highest BCUT2D eigenvalue weighted by atomic mass is 19.1. The van der Waals surface area contributed by atoms with E-state index >= 15 is 0 Å². The summed E-state index contributed by atoms with van der Waals surface area (Å²) in [4.78, 5) is 13.4. The van der Waals surface area contributed by atoms with Gasteiger partial charge in [0.1, 0.15) is 11.6 Å². The monoisotopic (exact) mass is 281 g/mol.